The maximum absolute atomic E-state index is 9.75. The molecule has 0 fully saturated rings. The Morgan fingerprint density at radius 3 is 1.94 bits per heavy atom. The molecule has 0 saturated heterocycles. The summed E-state index contributed by atoms with van der Waals surface area (Å²) >= 11 is 0. The summed E-state index contributed by atoms with van der Waals surface area (Å²) in [6.07, 6.45) is 5.88. The first-order valence-electron chi connectivity index (χ1n) is 6.76. The molecule has 3 atom stereocenters. The smallest absolute Gasteiger partial charge is 0.0170 e. The molecule has 0 rings (SSSR count). The van der Waals surface area contributed by atoms with Crippen molar-refractivity contribution < 1.29 is 4.89 Å². The van der Waals surface area contributed by atoms with Gasteiger partial charge in [-0.05, 0) is 30.6 Å². The Morgan fingerprint density at radius 2 is 1.69 bits per heavy atom. The molecule has 0 saturated carbocycles. The third-order valence-corrected chi connectivity index (χ3v) is 5.28. The van der Waals surface area contributed by atoms with Crippen molar-refractivity contribution in [3.63, 3.8) is 0 Å². The molecule has 3 unspecified atom stereocenters. The Labute approximate surface area is 104 Å². The quantitative estimate of drug-likeness (QED) is 0.628. The van der Waals surface area contributed by atoms with Crippen molar-refractivity contribution in [3.8, 4) is 0 Å². The molecule has 0 spiro atoms. The highest BCUT2D eigenvalue weighted by Gasteiger charge is 2.34. The van der Waals surface area contributed by atoms with Crippen LogP contribution in [0.25, 0.3) is 0 Å². The topological polar surface area (TPSA) is 20.2 Å². The van der Waals surface area contributed by atoms with Gasteiger partial charge in [-0.25, -0.2) is 0 Å². The molecule has 0 amide bonds. The Balaban J connectivity index is 4.71. The first-order chi connectivity index (χ1) is 7.35. The average molecular weight is 246 g/mol. The molecule has 1 N–H and O–H groups in total. The van der Waals surface area contributed by atoms with Gasteiger partial charge in [0.25, 0.3) is 0 Å². The van der Waals surface area contributed by atoms with E-state index in [1.807, 2.05) is 0 Å². The van der Waals surface area contributed by atoms with Gasteiger partial charge >= 0.3 is 0 Å². The van der Waals surface area contributed by atoms with Gasteiger partial charge in [0.1, 0.15) is 0 Å². The van der Waals surface area contributed by atoms with Crippen molar-refractivity contribution >= 4 is 8.81 Å². The molecular weight excluding hydrogens is 215 g/mol. The van der Waals surface area contributed by atoms with E-state index >= 15 is 0 Å². The largest absolute Gasteiger partial charge is 0.376 e. The maximum atomic E-state index is 9.75. The average Bonchev–Trinajstić information content (AvgIpc) is 2.22. The normalized spacial score (nSPS) is 18.9. The first kappa shape index (κ1) is 16.4. The highest BCUT2D eigenvalue weighted by Crippen LogP contribution is 2.46. The summed E-state index contributed by atoms with van der Waals surface area (Å²) in [6.45, 7) is 13.7. The van der Waals surface area contributed by atoms with Crippen molar-refractivity contribution in [3.05, 3.63) is 0 Å². The second-order valence-corrected chi connectivity index (χ2v) is 7.46. The van der Waals surface area contributed by atoms with Crippen LogP contribution in [-0.2, 0) is 0 Å². The molecule has 0 aliphatic heterocycles. The summed E-state index contributed by atoms with van der Waals surface area (Å²) in [6, 6.07) is 0. The Kier molecular flexibility index (Phi) is 7.14. The molecule has 1 nitrogen and oxygen atoms in total. The van der Waals surface area contributed by atoms with E-state index in [2.05, 4.69) is 41.5 Å². The fourth-order valence-corrected chi connectivity index (χ4v) is 3.47. The minimum absolute atomic E-state index is 0.101. The molecule has 0 radical (unpaired) electrons. The van der Waals surface area contributed by atoms with Gasteiger partial charge in [-0.3, -0.25) is 0 Å². The van der Waals surface area contributed by atoms with E-state index < -0.39 is 0 Å². The minimum Gasteiger partial charge on any atom is -0.376 e. The second kappa shape index (κ2) is 6.97. The van der Waals surface area contributed by atoms with Crippen molar-refractivity contribution in [1.29, 1.82) is 0 Å². The van der Waals surface area contributed by atoms with Crippen LogP contribution in [0.4, 0.5) is 0 Å². The predicted octanol–water partition coefficient (Wildman–Crippen LogP) is 4.98. The lowest BCUT2D eigenvalue weighted by Gasteiger charge is -2.39. The van der Waals surface area contributed by atoms with Crippen LogP contribution in [-0.4, -0.2) is 10.0 Å². The molecule has 0 bridgehead atoms. The van der Waals surface area contributed by atoms with Crippen LogP contribution in [0, 0.1) is 11.3 Å². The summed E-state index contributed by atoms with van der Waals surface area (Å²) in [5.41, 5.74) is 0.364. The standard InChI is InChI=1S/C14H31OP/c1-7-10-14(9-3,16-15)11-12(8-2)13(4,5)6/h12,15-16H,7-11H2,1-6H3. The van der Waals surface area contributed by atoms with Crippen molar-refractivity contribution in [2.45, 2.75) is 78.8 Å². The highest BCUT2D eigenvalue weighted by atomic mass is 31.1. The van der Waals surface area contributed by atoms with E-state index in [9.17, 15) is 4.89 Å². The molecule has 0 heterocycles. The highest BCUT2D eigenvalue weighted by molar-refractivity contribution is 7.33. The monoisotopic (exact) mass is 246 g/mol. The van der Waals surface area contributed by atoms with E-state index in [1.165, 1.54) is 25.7 Å². The van der Waals surface area contributed by atoms with Crippen molar-refractivity contribution in [2.75, 3.05) is 0 Å². The van der Waals surface area contributed by atoms with Crippen LogP contribution < -0.4 is 0 Å². The molecule has 98 valence electrons. The molecule has 0 aromatic heterocycles. The fourth-order valence-electron chi connectivity index (χ4n) is 2.62. The van der Waals surface area contributed by atoms with Crippen LogP contribution in [0.2, 0.25) is 0 Å². The molecule has 0 aliphatic carbocycles. The van der Waals surface area contributed by atoms with E-state index in [1.54, 1.807) is 0 Å². The van der Waals surface area contributed by atoms with Gasteiger partial charge in [0.05, 0.1) is 0 Å². The maximum Gasteiger partial charge on any atom is 0.0170 e. The summed E-state index contributed by atoms with van der Waals surface area (Å²) in [5.74, 6) is 0.721. The van der Waals surface area contributed by atoms with Gasteiger partial charge in [-0.15, -0.1) is 0 Å². The van der Waals surface area contributed by atoms with Crippen LogP contribution in [0.5, 0.6) is 0 Å². The summed E-state index contributed by atoms with van der Waals surface area (Å²) in [5, 5.41) is 0.197. The van der Waals surface area contributed by atoms with Crippen LogP contribution in [0.15, 0.2) is 0 Å². The van der Waals surface area contributed by atoms with Gasteiger partial charge < -0.3 is 4.89 Å². The van der Waals surface area contributed by atoms with Crippen molar-refractivity contribution in [2.24, 2.45) is 11.3 Å². The van der Waals surface area contributed by atoms with E-state index in [4.69, 9.17) is 0 Å². The molecule has 16 heavy (non-hydrogen) atoms. The molecular formula is C14H31OP. The SMILES string of the molecule is CCCC(CC)(CC(CC)C(C)(C)C)PO. The zero-order chi connectivity index (χ0) is 12.8. The number of hydrogen-bond acceptors (Lipinski definition) is 1. The summed E-state index contributed by atoms with van der Waals surface area (Å²) < 4.78 is 0. The van der Waals surface area contributed by atoms with Crippen LogP contribution >= 0.6 is 8.81 Å². The lowest BCUT2D eigenvalue weighted by molar-refractivity contribution is 0.190. The number of rotatable bonds is 7. The summed E-state index contributed by atoms with van der Waals surface area (Å²) in [7, 11) is 0.101. The van der Waals surface area contributed by atoms with Crippen LogP contribution in [0.3, 0.4) is 0 Å². The zero-order valence-corrected chi connectivity index (χ0v) is 13.1. The molecule has 0 aliphatic rings. The molecule has 0 aromatic rings. The first-order valence-corrected chi connectivity index (χ1v) is 7.71. The Hall–Kier alpha value is 0.390. The van der Waals surface area contributed by atoms with E-state index in [0.29, 0.717) is 5.41 Å². The van der Waals surface area contributed by atoms with Gasteiger partial charge in [-0.1, -0.05) is 54.4 Å². The molecule has 2 heteroatoms. The Morgan fingerprint density at radius 1 is 1.12 bits per heavy atom. The van der Waals surface area contributed by atoms with Gasteiger partial charge in [0.2, 0.25) is 0 Å². The van der Waals surface area contributed by atoms with Crippen molar-refractivity contribution in [1.82, 2.24) is 0 Å². The minimum atomic E-state index is 0.101. The predicted molar refractivity (Wildman–Crippen MR) is 76.3 cm³/mol. The van der Waals surface area contributed by atoms with Gasteiger partial charge in [-0.2, -0.15) is 0 Å². The van der Waals surface area contributed by atoms with E-state index in [0.717, 1.165) is 12.3 Å². The lowest BCUT2D eigenvalue weighted by Crippen LogP contribution is -2.31. The zero-order valence-electron chi connectivity index (χ0n) is 12.1. The van der Waals surface area contributed by atoms with Gasteiger partial charge in [0.15, 0.2) is 0 Å². The summed E-state index contributed by atoms with van der Waals surface area (Å²) in [4.78, 5) is 9.75. The number of hydrogen-bond donors (Lipinski definition) is 1. The lowest BCUT2D eigenvalue weighted by atomic mass is 9.73. The van der Waals surface area contributed by atoms with E-state index in [-0.39, 0.29) is 14.0 Å². The molecule has 0 aromatic carbocycles. The van der Waals surface area contributed by atoms with Gasteiger partial charge in [0, 0.05) is 14.0 Å². The third-order valence-electron chi connectivity index (χ3n) is 4.00. The Bertz CT molecular complexity index is 180. The fraction of sp³-hybridized carbons (Fsp3) is 1.00. The van der Waals surface area contributed by atoms with Crippen LogP contribution in [0.1, 0.15) is 73.6 Å². The third kappa shape index (κ3) is 4.72. The second-order valence-electron chi connectivity index (χ2n) is 6.17.